The number of furan rings is 1. The van der Waals surface area contributed by atoms with E-state index in [1.165, 1.54) is 50.7 Å². The van der Waals surface area contributed by atoms with Gasteiger partial charge in [-0.15, -0.1) is 0 Å². The summed E-state index contributed by atoms with van der Waals surface area (Å²) >= 11 is 6.91. The Hall–Kier alpha value is -4.10. The van der Waals surface area contributed by atoms with E-state index in [1.807, 2.05) is 4.90 Å². The number of nitrogens with one attached hydrogen (secondary N) is 2. The van der Waals surface area contributed by atoms with Crippen LogP contribution in [0.5, 0.6) is 11.5 Å². The van der Waals surface area contributed by atoms with E-state index in [9.17, 15) is 19.5 Å². The van der Waals surface area contributed by atoms with Crippen LogP contribution in [-0.4, -0.2) is 67.9 Å². The fraction of sp³-hybridized carbons (Fsp3) is 0.367. The van der Waals surface area contributed by atoms with E-state index < -0.39 is 24.5 Å². The summed E-state index contributed by atoms with van der Waals surface area (Å²) in [6.45, 7) is -0.430. The highest BCUT2D eigenvalue weighted by atomic mass is 32.2. The third kappa shape index (κ3) is 6.18. The van der Waals surface area contributed by atoms with Crippen molar-refractivity contribution in [3.63, 3.8) is 0 Å². The largest absolute Gasteiger partial charge is 0.493 e. The first-order valence-corrected chi connectivity index (χ1v) is 15.2. The molecule has 2 aliphatic carbocycles. The molecule has 1 aliphatic heterocycles. The van der Waals surface area contributed by atoms with Gasteiger partial charge < -0.3 is 29.3 Å². The molecule has 4 atom stereocenters. The van der Waals surface area contributed by atoms with Crippen molar-refractivity contribution in [1.82, 2.24) is 20.2 Å². The number of carboxylic acid groups (broad SMARTS) is 1. The summed E-state index contributed by atoms with van der Waals surface area (Å²) in [5.74, 6) is 1.11. The third-order valence-corrected chi connectivity index (χ3v) is 9.51. The normalized spacial score (nSPS) is 22.8. The smallest absolute Gasteiger partial charge is 0.326 e. The number of amides is 2. The van der Waals surface area contributed by atoms with Gasteiger partial charge in [0.2, 0.25) is 0 Å². The number of carboxylic acids is 1. The summed E-state index contributed by atoms with van der Waals surface area (Å²) in [7, 11) is 1.48. The van der Waals surface area contributed by atoms with Gasteiger partial charge in [0.15, 0.2) is 18.1 Å². The Labute approximate surface area is 257 Å². The van der Waals surface area contributed by atoms with Crippen LogP contribution in [0.2, 0.25) is 0 Å². The minimum Gasteiger partial charge on any atom is -0.493 e. The number of aromatic amines is 1. The Morgan fingerprint density at radius 2 is 2.14 bits per heavy atom. The van der Waals surface area contributed by atoms with Crippen LogP contribution >= 0.6 is 24.0 Å². The molecular weight excluding hydrogens is 592 g/mol. The van der Waals surface area contributed by atoms with Crippen molar-refractivity contribution in [2.45, 2.75) is 44.2 Å². The molecule has 1 saturated heterocycles. The zero-order chi connectivity index (χ0) is 30.1. The topological polar surface area (TPSA) is 147 Å². The van der Waals surface area contributed by atoms with Crippen molar-refractivity contribution in [1.29, 1.82) is 0 Å². The number of fused-ring (bicyclic) bond motifs is 2. The van der Waals surface area contributed by atoms with Crippen LogP contribution in [0.1, 0.15) is 37.1 Å². The van der Waals surface area contributed by atoms with Crippen LogP contribution in [-0.2, 0) is 20.8 Å². The summed E-state index contributed by atoms with van der Waals surface area (Å²) in [5.41, 5.74) is 1.24. The number of imidazole rings is 1. The third-order valence-electron chi connectivity index (χ3n) is 8.18. The van der Waals surface area contributed by atoms with Crippen molar-refractivity contribution in [3.05, 3.63) is 59.2 Å². The summed E-state index contributed by atoms with van der Waals surface area (Å²) < 4.78 is 17.8. The lowest BCUT2D eigenvalue weighted by Gasteiger charge is -2.30. The molecule has 2 bridgehead atoms. The van der Waals surface area contributed by atoms with E-state index >= 15 is 0 Å². The molecule has 0 radical (unpaired) electrons. The molecule has 1 aromatic carbocycles. The summed E-state index contributed by atoms with van der Waals surface area (Å²) in [5, 5.41) is 12.0. The van der Waals surface area contributed by atoms with E-state index in [0.29, 0.717) is 49.6 Å². The highest BCUT2D eigenvalue weighted by molar-refractivity contribution is 8.26. The number of carbonyl (C=O) groups excluding carboxylic acids is 2. The highest BCUT2D eigenvalue weighted by Crippen LogP contribution is 2.49. The standard InChI is InChI=1S/C30H30N4O7S2/c1-39-24-6-4-18(10-25(24)40-14-27(35)33-21(29(37)38)11-19-13-31-15-32-19)23-7-5-20(41-23)12-26-28(36)34(30(42)43-26)22-9-16-2-3-17(22)8-16/h4-7,10,12-13,15-17,21-22H,2-3,8-9,11,14H2,1H3,(H,31,32)(H,33,35)(H,37,38)/b26-12-. The van der Waals surface area contributed by atoms with Gasteiger partial charge in [-0.2, -0.15) is 0 Å². The Morgan fingerprint density at radius 1 is 1.28 bits per heavy atom. The highest BCUT2D eigenvalue weighted by Gasteiger charge is 2.48. The van der Waals surface area contributed by atoms with Crippen LogP contribution < -0.4 is 14.8 Å². The maximum atomic E-state index is 13.3. The molecule has 6 rings (SSSR count). The van der Waals surface area contributed by atoms with Crippen molar-refractivity contribution in [2.24, 2.45) is 11.8 Å². The molecule has 3 aromatic rings. The van der Waals surface area contributed by atoms with Crippen molar-refractivity contribution < 1.29 is 33.4 Å². The second-order valence-corrected chi connectivity index (χ2v) is 12.6. The van der Waals surface area contributed by atoms with Crippen molar-refractivity contribution in [3.8, 4) is 22.8 Å². The first kappa shape index (κ1) is 29.0. The minimum absolute atomic E-state index is 0.0480. The summed E-state index contributed by atoms with van der Waals surface area (Å²) in [6, 6.07) is 7.76. The summed E-state index contributed by atoms with van der Waals surface area (Å²) in [4.78, 5) is 46.5. The van der Waals surface area contributed by atoms with Crippen molar-refractivity contribution in [2.75, 3.05) is 13.7 Å². The maximum absolute atomic E-state index is 13.3. The molecule has 224 valence electrons. The average Bonchev–Trinajstić information content (AvgIpc) is 3.83. The predicted octanol–water partition coefficient (Wildman–Crippen LogP) is 4.26. The van der Waals surface area contributed by atoms with Gasteiger partial charge in [0.1, 0.15) is 21.9 Å². The number of thiocarbonyl (C=S) groups is 1. The van der Waals surface area contributed by atoms with Crippen LogP contribution in [0.25, 0.3) is 17.4 Å². The monoisotopic (exact) mass is 622 g/mol. The van der Waals surface area contributed by atoms with E-state index in [4.69, 9.17) is 26.1 Å². The average molecular weight is 623 g/mol. The van der Waals surface area contributed by atoms with Gasteiger partial charge in [-0.1, -0.05) is 30.4 Å². The number of benzene rings is 1. The molecule has 3 aliphatic rings. The molecule has 43 heavy (non-hydrogen) atoms. The number of aromatic nitrogens is 2. The summed E-state index contributed by atoms with van der Waals surface area (Å²) in [6.07, 6.45) is 9.35. The molecule has 0 spiro atoms. The number of carbonyl (C=O) groups is 3. The van der Waals surface area contributed by atoms with E-state index in [2.05, 4.69) is 15.3 Å². The fourth-order valence-electron chi connectivity index (χ4n) is 6.15. The maximum Gasteiger partial charge on any atom is 0.326 e. The Balaban J connectivity index is 1.12. The lowest BCUT2D eigenvalue weighted by Crippen LogP contribution is -2.44. The lowest BCUT2D eigenvalue weighted by atomic mass is 9.94. The molecule has 4 unspecified atom stereocenters. The lowest BCUT2D eigenvalue weighted by molar-refractivity contribution is -0.142. The molecule has 3 N–H and O–H groups in total. The van der Waals surface area contributed by atoms with Gasteiger partial charge in [-0.05, 0) is 61.4 Å². The molecule has 2 saturated carbocycles. The number of rotatable bonds is 11. The number of hydrogen-bond donors (Lipinski definition) is 3. The Kier molecular flexibility index (Phi) is 8.26. The van der Waals surface area contributed by atoms with E-state index in [-0.39, 0.29) is 24.1 Å². The first-order valence-electron chi connectivity index (χ1n) is 14.0. The van der Waals surface area contributed by atoms with Gasteiger partial charge in [-0.25, -0.2) is 9.78 Å². The second kappa shape index (κ2) is 12.3. The molecule has 11 nitrogen and oxygen atoms in total. The number of methoxy groups -OCH3 is 1. The zero-order valence-electron chi connectivity index (χ0n) is 23.3. The number of nitrogens with zero attached hydrogens (tertiary/aromatic N) is 2. The number of H-pyrrole nitrogens is 1. The minimum atomic E-state index is -1.18. The Bertz CT molecular complexity index is 1580. The molecule has 3 heterocycles. The van der Waals surface area contributed by atoms with Gasteiger partial charge in [-0.3, -0.25) is 14.5 Å². The van der Waals surface area contributed by atoms with Gasteiger partial charge in [0.05, 0.1) is 18.3 Å². The first-order chi connectivity index (χ1) is 20.8. The zero-order valence-corrected chi connectivity index (χ0v) is 24.9. The number of ether oxygens (including phenoxy) is 2. The molecule has 13 heteroatoms. The van der Waals surface area contributed by atoms with Gasteiger partial charge in [0, 0.05) is 36.0 Å². The number of thioether (sulfide) groups is 1. The van der Waals surface area contributed by atoms with E-state index in [1.54, 1.807) is 36.4 Å². The van der Waals surface area contributed by atoms with Gasteiger partial charge >= 0.3 is 5.97 Å². The van der Waals surface area contributed by atoms with Crippen molar-refractivity contribution >= 4 is 52.2 Å². The number of hydrogen-bond acceptors (Lipinski definition) is 9. The predicted molar refractivity (Wildman–Crippen MR) is 162 cm³/mol. The van der Waals surface area contributed by atoms with Crippen LogP contribution in [0, 0.1) is 11.8 Å². The molecular formula is C30H30N4O7S2. The van der Waals surface area contributed by atoms with Gasteiger partial charge in [0.25, 0.3) is 11.8 Å². The van der Waals surface area contributed by atoms with Crippen LogP contribution in [0.15, 0.2) is 52.2 Å². The van der Waals surface area contributed by atoms with E-state index in [0.717, 1.165) is 6.42 Å². The Morgan fingerprint density at radius 3 is 2.84 bits per heavy atom. The molecule has 2 amide bonds. The molecule has 3 fully saturated rings. The van der Waals surface area contributed by atoms with Crippen LogP contribution in [0.4, 0.5) is 0 Å². The second-order valence-electron chi connectivity index (χ2n) is 10.9. The number of aliphatic carboxylic acids is 1. The quantitative estimate of drug-likeness (QED) is 0.209. The van der Waals surface area contributed by atoms with Crippen LogP contribution in [0.3, 0.4) is 0 Å². The fourth-order valence-corrected chi connectivity index (χ4v) is 7.50. The molecule has 2 aromatic heterocycles. The SMILES string of the molecule is COc1ccc(-c2ccc(/C=C3\SC(=S)N(C4CC5CCC4C5)C3=O)o2)cc1OCC(=O)NC(Cc1cnc[nH]1)C(=O)O.